The normalized spacial score (nSPS) is 18.1. The van der Waals surface area contributed by atoms with E-state index in [0.29, 0.717) is 25.8 Å². The number of hydrogen-bond donors (Lipinski definition) is 4. The van der Waals surface area contributed by atoms with E-state index in [0.717, 1.165) is 23.2 Å². The Hall–Kier alpha value is -3.20. The predicted molar refractivity (Wildman–Crippen MR) is 119 cm³/mol. The minimum Gasteiger partial charge on any atom is -0.481 e. The molecular formula is C23H31N5O4. The first-order chi connectivity index (χ1) is 15.4. The quantitative estimate of drug-likeness (QED) is 0.471. The van der Waals surface area contributed by atoms with E-state index in [2.05, 4.69) is 20.7 Å². The van der Waals surface area contributed by atoms with Crippen molar-refractivity contribution in [1.82, 2.24) is 25.7 Å². The van der Waals surface area contributed by atoms with Crippen LogP contribution in [-0.2, 0) is 20.8 Å². The summed E-state index contributed by atoms with van der Waals surface area (Å²) >= 11 is 0. The van der Waals surface area contributed by atoms with Crippen LogP contribution in [0.4, 0.5) is 0 Å². The summed E-state index contributed by atoms with van der Waals surface area (Å²) in [5.41, 5.74) is 6.00. The largest absolute Gasteiger partial charge is 0.481 e. The summed E-state index contributed by atoms with van der Waals surface area (Å²) < 4.78 is 0. The molecule has 0 bridgehead atoms. The summed E-state index contributed by atoms with van der Waals surface area (Å²) in [6.45, 7) is 2.21. The van der Waals surface area contributed by atoms with Crippen molar-refractivity contribution in [3.05, 3.63) is 42.4 Å². The van der Waals surface area contributed by atoms with Crippen LogP contribution in [0, 0.1) is 11.8 Å². The minimum atomic E-state index is -0.935. The monoisotopic (exact) mass is 441 g/mol. The zero-order valence-corrected chi connectivity index (χ0v) is 18.5. The molecule has 32 heavy (non-hydrogen) atoms. The Morgan fingerprint density at radius 2 is 2.09 bits per heavy atom. The Bertz CT molecular complexity index is 930. The number of carbonyl (C=O) groups excluding carboxylic acids is 2. The maximum absolute atomic E-state index is 13.5. The molecule has 1 aromatic carbocycles. The smallest absolute Gasteiger partial charge is 0.306 e. The molecule has 1 aliphatic heterocycles. The highest BCUT2D eigenvalue weighted by molar-refractivity contribution is 5.88. The fourth-order valence-corrected chi connectivity index (χ4v) is 4.18. The number of H-pyrrole nitrogens is 1. The van der Waals surface area contributed by atoms with Gasteiger partial charge in [-0.05, 0) is 37.7 Å². The number of rotatable bonds is 9. The lowest BCUT2D eigenvalue weighted by molar-refractivity contribution is -0.151. The van der Waals surface area contributed by atoms with Crippen LogP contribution < -0.4 is 10.7 Å². The molecule has 4 N–H and O–H groups in total. The highest BCUT2D eigenvalue weighted by Crippen LogP contribution is 2.27. The average molecular weight is 442 g/mol. The van der Waals surface area contributed by atoms with Gasteiger partial charge in [-0.15, -0.1) is 0 Å². The van der Waals surface area contributed by atoms with Gasteiger partial charge >= 0.3 is 5.97 Å². The van der Waals surface area contributed by atoms with E-state index in [4.69, 9.17) is 0 Å². The number of aryl methyl sites for hydroxylation is 1. The molecule has 1 saturated heterocycles. The minimum absolute atomic E-state index is 0.207. The number of nitrogens with one attached hydrogen (secondary N) is 3. The van der Waals surface area contributed by atoms with Crippen molar-refractivity contribution in [1.29, 1.82) is 0 Å². The molecule has 2 aromatic rings. The number of carboxylic acid groups (broad SMARTS) is 1. The molecule has 0 aliphatic carbocycles. The zero-order chi connectivity index (χ0) is 23.1. The number of aromatic amines is 1. The Morgan fingerprint density at radius 1 is 1.31 bits per heavy atom. The van der Waals surface area contributed by atoms with Gasteiger partial charge < -0.3 is 15.4 Å². The van der Waals surface area contributed by atoms with Gasteiger partial charge in [0.05, 0.1) is 24.1 Å². The summed E-state index contributed by atoms with van der Waals surface area (Å²) in [6, 6.07) is 7.29. The van der Waals surface area contributed by atoms with Crippen molar-refractivity contribution in [3.8, 4) is 11.3 Å². The second kappa shape index (κ2) is 10.9. The van der Waals surface area contributed by atoms with Gasteiger partial charge in [-0.1, -0.05) is 31.2 Å². The lowest BCUT2D eigenvalue weighted by atomic mass is 9.88. The highest BCUT2D eigenvalue weighted by atomic mass is 16.4. The summed E-state index contributed by atoms with van der Waals surface area (Å²) in [4.78, 5) is 44.6. The predicted octanol–water partition coefficient (Wildman–Crippen LogP) is 1.98. The number of hydrazine groups is 1. The van der Waals surface area contributed by atoms with Gasteiger partial charge in [-0.25, -0.2) is 10.4 Å². The van der Waals surface area contributed by atoms with Crippen LogP contribution in [0.25, 0.3) is 11.3 Å². The second-order valence-corrected chi connectivity index (χ2v) is 8.22. The molecular weight excluding hydrogens is 410 g/mol. The standard InChI is InChI=1S/C23H31N5O4/c1-15(23(31)32)12-17(22(30)28-20(21(29)24-2)8-5-11-27-28)10-9-16-6-3-4-7-18(16)19-13-25-14-26-19/h3-4,6-7,13-15,17,20,27H,5,8-12H2,1-2H3,(H,24,29)(H,25,26)(H,31,32). The van der Waals surface area contributed by atoms with Crippen LogP contribution in [0.2, 0.25) is 0 Å². The third-order valence-corrected chi connectivity index (χ3v) is 6.01. The van der Waals surface area contributed by atoms with Crippen LogP contribution in [0.15, 0.2) is 36.8 Å². The topological polar surface area (TPSA) is 127 Å². The molecule has 172 valence electrons. The van der Waals surface area contributed by atoms with E-state index in [9.17, 15) is 19.5 Å². The molecule has 0 saturated carbocycles. The van der Waals surface area contributed by atoms with E-state index >= 15 is 0 Å². The first kappa shape index (κ1) is 23.5. The van der Waals surface area contributed by atoms with E-state index in [1.54, 1.807) is 26.5 Å². The number of imidazole rings is 1. The second-order valence-electron chi connectivity index (χ2n) is 8.22. The van der Waals surface area contributed by atoms with Gasteiger partial charge in [-0.2, -0.15) is 0 Å². The third kappa shape index (κ3) is 5.53. The Kier molecular flexibility index (Phi) is 7.99. The number of nitrogens with zero attached hydrogens (tertiary/aromatic N) is 2. The molecule has 9 heteroatoms. The SMILES string of the molecule is CNC(=O)C1CCCNN1C(=O)C(CCc1ccccc1-c1cnc[nH]1)CC(C)C(=O)O. The zero-order valence-electron chi connectivity index (χ0n) is 18.5. The summed E-state index contributed by atoms with van der Waals surface area (Å²) in [5.74, 6) is -2.59. The number of benzene rings is 1. The van der Waals surface area contributed by atoms with E-state index in [1.807, 2.05) is 24.3 Å². The van der Waals surface area contributed by atoms with E-state index in [1.165, 1.54) is 5.01 Å². The molecule has 1 aliphatic rings. The number of likely N-dealkylation sites (N-methyl/N-ethyl adjacent to an activating group) is 1. The van der Waals surface area contributed by atoms with Crippen LogP contribution in [0.1, 0.15) is 38.2 Å². The Balaban J connectivity index is 1.81. The molecule has 1 fully saturated rings. The fourth-order valence-electron chi connectivity index (χ4n) is 4.18. The lowest BCUT2D eigenvalue weighted by Gasteiger charge is -2.37. The molecule has 0 radical (unpaired) electrons. The van der Waals surface area contributed by atoms with Gasteiger partial charge in [0, 0.05) is 25.1 Å². The van der Waals surface area contributed by atoms with Crippen LogP contribution in [0.5, 0.6) is 0 Å². The van der Waals surface area contributed by atoms with Crippen LogP contribution >= 0.6 is 0 Å². The molecule has 3 rings (SSSR count). The van der Waals surface area contributed by atoms with Crippen molar-refractivity contribution in [2.45, 2.75) is 45.1 Å². The average Bonchev–Trinajstić information content (AvgIpc) is 3.35. The molecule has 3 unspecified atom stereocenters. The molecule has 0 spiro atoms. The number of aliphatic carboxylic acids is 1. The molecule has 2 heterocycles. The molecule has 9 nitrogen and oxygen atoms in total. The van der Waals surface area contributed by atoms with Gasteiger partial charge in [0.2, 0.25) is 11.8 Å². The maximum atomic E-state index is 13.5. The number of amides is 2. The van der Waals surface area contributed by atoms with Gasteiger partial charge in [0.1, 0.15) is 6.04 Å². The number of carbonyl (C=O) groups is 3. The summed E-state index contributed by atoms with van der Waals surface area (Å²) in [6.07, 6.45) is 6.00. The highest BCUT2D eigenvalue weighted by Gasteiger charge is 2.36. The fraction of sp³-hybridized carbons (Fsp3) is 0.478. The van der Waals surface area contributed by atoms with Gasteiger partial charge in [-0.3, -0.25) is 19.4 Å². The number of aromatic nitrogens is 2. The molecule has 1 aromatic heterocycles. The molecule has 2 amide bonds. The van der Waals surface area contributed by atoms with Crippen molar-refractivity contribution in [3.63, 3.8) is 0 Å². The first-order valence-electron chi connectivity index (χ1n) is 11.0. The Morgan fingerprint density at radius 3 is 2.78 bits per heavy atom. The first-order valence-corrected chi connectivity index (χ1v) is 11.0. The third-order valence-electron chi connectivity index (χ3n) is 6.01. The van der Waals surface area contributed by atoms with Crippen LogP contribution in [0.3, 0.4) is 0 Å². The van der Waals surface area contributed by atoms with Gasteiger partial charge in [0.15, 0.2) is 0 Å². The number of hydrogen-bond acceptors (Lipinski definition) is 5. The van der Waals surface area contributed by atoms with Crippen LogP contribution in [-0.4, -0.2) is 57.5 Å². The number of carboxylic acids is 1. The summed E-state index contributed by atoms with van der Waals surface area (Å²) in [5, 5.41) is 13.5. The van der Waals surface area contributed by atoms with Crippen molar-refractivity contribution in [2.24, 2.45) is 11.8 Å². The maximum Gasteiger partial charge on any atom is 0.306 e. The summed E-state index contributed by atoms with van der Waals surface area (Å²) in [7, 11) is 1.55. The lowest BCUT2D eigenvalue weighted by Crippen LogP contribution is -2.59. The Labute approximate surface area is 187 Å². The van der Waals surface area contributed by atoms with Crippen molar-refractivity contribution < 1.29 is 19.5 Å². The molecule has 3 atom stereocenters. The van der Waals surface area contributed by atoms with E-state index in [-0.39, 0.29) is 18.2 Å². The van der Waals surface area contributed by atoms with Gasteiger partial charge in [0.25, 0.3) is 0 Å². The van der Waals surface area contributed by atoms with E-state index < -0.39 is 23.8 Å². The van der Waals surface area contributed by atoms with Crippen molar-refractivity contribution in [2.75, 3.05) is 13.6 Å². The van der Waals surface area contributed by atoms with Crippen molar-refractivity contribution >= 4 is 17.8 Å².